The molecule has 0 fully saturated rings. The Labute approximate surface area is 430 Å². The van der Waals surface area contributed by atoms with Crippen LogP contribution < -0.4 is 30.4 Å². The lowest BCUT2D eigenvalue weighted by Crippen LogP contribution is -2.60. The molecule has 2 atom stereocenters. The third-order valence-electron chi connectivity index (χ3n) is 17.6. The number of hydrogen-bond acceptors (Lipinski definition) is 4. The average molecular weight is 950 g/mol. The summed E-state index contributed by atoms with van der Waals surface area (Å²) in [6, 6.07) is 58.4. The summed E-state index contributed by atoms with van der Waals surface area (Å²) in [5.41, 5.74) is 22.5. The monoisotopic (exact) mass is 949 g/mol. The van der Waals surface area contributed by atoms with Gasteiger partial charge in [0.1, 0.15) is 0 Å². The van der Waals surface area contributed by atoms with Gasteiger partial charge in [0, 0.05) is 54.6 Å². The van der Waals surface area contributed by atoms with Crippen LogP contribution >= 0.6 is 11.3 Å². The average Bonchev–Trinajstić information content (AvgIpc) is 3.90. The van der Waals surface area contributed by atoms with Gasteiger partial charge in [0.05, 0.1) is 17.4 Å². The van der Waals surface area contributed by atoms with Gasteiger partial charge in [-0.3, -0.25) is 0 Å². The van der Waals surface area contributed by atoms with Crippen molar-refractivity contribution in [3.63, 3.8) is 0 Å². The van der Waals surface area contributed by atoms with Gasteiger partial charge in [0.15, 0.2) is 0 Å². The molecule has 0 bridgehead atoms. The second-order valence-corrected chi connectivity index (χ2v) is 24.1. The van der Waals surface area contributed by atoms with Gasteiger partial charge in [-0.25, -0.2) is 0 Å². The summed E-state index contributed by atoms with van der Waals surface area (Å²) in [4.78, 5) is 7.96. The van der Waals surface area contributed by atoms with Gasteiger partial charge in [-0.1, -0.05) is 175 Å². The van der Waals surface area contributed by atoms with Crippen LogP contribution in [0.3, 0.4) is 0 Å². The first-order valence-corrected chi connectivity index (χ1v) is 27.1. The fourth-order valence-corrected chi connectivity index (χ4v) is 15.1. The Morgan fingerprint density at radius 1 is 0.569 bits per heavy atom. The van der Waals surface area contributed by atoms with Gasteiger partial charge >= 0.3 is 0 Å². The molecule has 14 rings (SSSR count). The van der Waals surface area contributed by atoms with E-state index in [9.17, 15) is 0 Å². The van der Waals surface area contributed by atoms with E-state index in [1.807, 2.05) is 11.3 Å². The van der Waals surface area contributed by atoms with Crippen molar-refractivity contribution in [3.05, 3.63) is 216 Å². The van der Waals surface area contributed by atoms with Crippen LogP contribution in [0.25, 0.3) is 26.8 Å². The fourth-order valence-electron chi connectivity index (χ4n) is 13.8. The third-order valence-corrected chi connectivity index (χ3v) is 18.8. The lowest BCUT2D eigenvalue weighted by Gasteiger charge is -2.45. The summed E-state index contributed by atoms with van der Waals surface area (Å²) < 4.78 is 2.81. The van der Waals surface area contributed by atoms with E-state index in [4.69, 9.17) is 0 Å². The Kier molecular flexibility index (Phi) is 9.69. The number of allylic oxidation sites excluding steroid dienone is 6. The van der Waals surface area contributed by atoms with E-state index in [2.05, 4.69) is 250 Å². The van der Waals surface area contributed by atoms with Crippen LogP contribution in [0.2, 0.25) is 0 Å². The summed E-state index contributed by atoms with van der Waals surface area (Å²) in [6.07, 6.45) is 20.6. The first kappa shape index (κ1) is 43.7. The van der Waals surface area contributed by atoms with Crippen LogP contribution in [0, 0.1) is 5.92 Å². The molecule has 0 radical (unpaired) electrons. The number of benzene rings is 7. The first-order valence-electron chi connectivity index (χ1n) is 26.3. The molecule has 0 N–H and O–H groups in total. The molecule has 8 aromatic rings. The number of fused-ring (bicyclic) bond motifs is 10. The van der Waals surface area contributed by atoms with Gasteiger partial charge in [0.2, 0.25) is 0 Å². The Bertz CT molecular complexity index is 3650. The normalized spacial score (nSPS) is 20.0. The van der Waals surface area contributed by atoms with Gasteiger partial charge in [-0.05, 0) is 153 Å². The Balaban J connectivity index is 1.15. The summed E-state index contributed by atoms with van der Waals surface area (Å²) in [7, 11) is 0. The van der Waals surface area contributed by atoms with Gasteiger partial charge < -0.3 is 14.7 Å². The van der Waals surface area contributed by atoms with E-state index in [1.165, 1.54) is 123 Å². The number of nitrogens with zero attached hydrogens (tertiary/aromatic N) is 3. The molecule has 3 nitrogen and oxygen atoms in total. The van der Waals surface area contributed by atoms with E-state index in [0.29, 0.717) is 5.92 Å². The van der Waals surface area contributed by atoms with Crippen LogP contribution in [0.1, 0.15) is 89.5 Å². The van der Waals surface area contributed by atoms with Crippen molar-refractivity contribution in [3.8, 4) is 11.1 Å². The number of rotatable bonds is 6. The van der Waals surface area contributed by atoms with Crippen molar-refractivity contribution in [2.75, 3.05) is 14.7 Å². The summed E-state index contributed by atoms with van der Waals surface area (Å²) in [6.45, 7) is 14.9. The maximum atomic E-state index is 2.69. The van der Waals surface area contributed by atoms with Crippen LogP contribution in [0.5, 0.6) is 0 Å². The van der Waals surface area contributed by atoms with Crippen molar-refractivity contribution in [2.45, 2.75) is 89.5 Å². The molecule has 6 aliphatic rings. The van der Waals surface area contributed by atoms with Gasteiger partial charge in [-0.2, -0.15) is 0 Å². The highest BCUT2D eigenvalue weighted by Gasteiger charge is 2.50. The van der Waals surface area contributed by atoms with Crippen LogP contribution in [0.4, 0.5) is 45.5 Å². The van der Waals surface area contributed by atoms with Crippen LogP contribution in [-0.4, -0.2) is 12.8 Å². The van der Waals surface area contributed by atoms with Crippen molar-refractivity contribution in [2.24, 2.45) is 5.92 Å². The van der Waals surface area contributed by atoms with Crippen molar-refractivity contribution < 1.29 is 0 Å². The highest BCUT2D eigenvalue weighted by Crippen LogP contribution is 2.57. The minimum absolute atomic E-state index is 0.0144. The highest BCUT2D eigenvalue weighted by molar-refractivity contribution is 7.33. The predicted molar refractivity (Wildman–Crippen MR) is 310 cm³/mol. The molecule has 0 amide bonds. The van der Waals surface area contributed by atoms with Crippen LogP contribution in [0.15, 0.2) is 194 Å². The van der Waals surface area contributed by atoms with E-state index in [0.717, 1.165) is 12.8 Å². The maximum Gasteiger partial charge on any atom is 0.264 e. The molecule has 4 aliphatic carbocycles. The smallest absolute Gasteiger partial charge is 0.264 e. The molecule has 1 aromatic heterocycles. The van der Waals surface area contributed by atoms with E-state index in [1.54, 1.807) is 0 Å². The zero-order valence-electron chi connectivity index (χ0n) is 42.3. The number of hydrogen-bond donors (Lipinski definition) is 0. The molecular formula is C67H60BN3S. The Morgan fingerprint density at radius 3 is 1.97 bits per heavy atom. The SMILES string of the molecule is CC1(C)CCC(C)(C)c2cc3c4c(sc3cc21)B1c2cc3c(cc2N(c2ccccc2-c2ccccc2)c2cc(N(c5ccccc5)C5C=CC=CC5)cc(c21)N4c1ccccc1)C(C)(C)C1CC=CC=C31. The number of thiophene rings is 1. The Morgan fingerprint density at radius 2 is 1.24 bits per heavy atom. The highest BCUT2D eigenvalue weighted by atomic mass is 32.1. The molecular weight excluding hydrogens is 890 g/mol. The molecule has 5 heteroatoms. The molecule has 0 spiro atoms. The molecule has 2 unspecified atom stereocenters. The minimum atomic E-state index is -0.0536. The standard InChI is InChI=1S/C67H60BN3S/c1-65(2)35-36-66(3,4)55-42-61-51(39-54(55)65)63-64(72-61)68-56-40-50-49-32-19-21-33-52(49)67(5,6)53(50)41-58(56)71(57-34-22-20-31-48(57)43-23-11-7-12-24-43)60-38-47(37-59(62(60)68)70(63)46-29-17-10-18-30-46)69(44-25-13-8-14-26-44)45-27-15-9-16-28-45/h7-27,29-32,34,37-42,45,52H,28,33,35-36H2,1-6H3. The second-order valence-electron chi connectivity index (χ2n) is 23.0. The maximum absolute atomic E-state index is 2.69. The van der Waals surface area contributed by atoms with Gasteiger partial charge in [0.25, 0.3) is 6.71 Å². The van der Waals surface area contributed by atoms with E-state index in [-0.39, 0.29) is 29.0 Å². The fraction of sp³-hybridized carbons (Fsp3) is 0.224. The van der Waals surface area contributed by atoms with Crippen molar-refractivity contribution >= 4 is 94.9 Å². The second kappa shape index (κ2) is 16.0. The Hall–Kier alpha value is -7.08. The lowest BCUT2D eigenvalue weighted by atomic mass is 9.36. The summed E-state index contributed by atoms with van der Waals surface area (Å²) in [5, 5.41) is 1.36. The molecule has 3 heterocycles. The summed E-state index contributed by atoms with van der Waals surface area (Å²) in [5.74, 6) is 0.422. The quantitative estimate of drug-likeness (QED) is 0.154. The van der Waals surface area contributed by atoms with Gasteiger partial charge in [-0.15, -0.1) is 11.3 Å². The number of para-hydroxylation sites is 3. The molecule has 72 heavy (non-hydrogen) atoms. The molecule has 2 aliphatic heterocycles. The molecule has 0 saturated carbocycles. The first-order chi connectivity index (χ1) is 35.0. The van der Waals surface area contributed by atoms with Crippen LogP contribution in [-0.2, 0) is 16.2 Å². The van der Waals surface area contributed by atoms with E-state index >= 15 is 0 Å². The zero-order chi connectivity index (χ0) is 48.7. The van der Waals surface area contributed by atoms with Crippen molar-refractivity contribution in [1.29, 1.82) is 0 Å². The van der Waals surface area contributed by atoms with Crippen molar-refractivity contribution in [1.82, 2.24) is 0 Å². The molecule has 352 valence electrons. The topological polar surface area (TPSA) is 9.72 Å². The predicted octanol–water partition coefficient (Wildman–Crippen LogP) is 16.3. The number of anilines is 8. The minimum Gasteiger partial charge on any atom is -0.334 e. The lowest BCUT2D eigenvalue weighted by molar-refractivity contribution is 0.332. The molecule has 7 aromatic carbocycles. The third kappa shape index (κ3) is 6.42. The molecule has 0 saturated heterocycles. The zero-order valence-corrected chi connectivity index (χ0v) is 43.1. The van der Waals surface area contributed by atoms with E-state index < -0.39 is 0 Å². The largest absolute Gasteiger partial charge is 0.334 e. The summed E-state index contributed by atoms with van der Waals surface area (Å²) >= 11 is 2.04.